The molecule has 0 aliphatic heterocycles. The van der Waals surface area contributed by atoms with Gasteiger partial charge in [-0.25, -0.2) is 0 Å². The van der Waals surface area contributed by atoms with Crippen LogP contribution in [0.15, 0.2) is 15.0 Å². The summed E-state index contributed by atoms with van der Waals surface area (Å²) in [5.41, 5.74) is 0.337. The van der Waals surface area contributed by atoms with Crippen molar-refractivity contribution in [2.24, 2.45) is 11.8 Å². The van der Waals surface area contributed by atoms with E-state index < -0.39 is 0 Å². The van der Waals surface area contributed by atoms with Crippen LogP contribution in [0.2, 0.25) is 5.15 Å². The second-order valence-electron chi connectivity index (χ2n) is 6.29. The molecule has 2 aromatic rings. The average molecular weight is 352 g/mol. The Morgan fingerprint density at radius 3 is 2.92 bits per heavy atom. The van der Waals surface area contributed by atoms with Gasteiger partial charge in [0.05, 0.1) is 0 Å². The number of amides is 1. The van der Waals surface area contributed by atoms with E-state index in [1.54, 1.807) is 6.07 Å². The number of rotatable bonds is 5. The van der Waals surface area contributed by atoms with Gasteiger partial charge in [-0.1, -0.05) is 30.6 Å². The molecule has 1 amide bonds. The second-order valence-corrected chi connectivity index (χ2v) is 6.68. The van der Waals surface area contributed by atoms with E-state index in [-0.39, 0.29) is 35.2 Å². The van der Waals surface area contributed by atoms with Crippen molar-refractivity contribution in [3.63, 3.8) is 0 Å². The zero-order chi connectivity index (χ0) is 17.3. The predicted octanol–water partition coefficient (Wildman–Crippen LogP) is 3.29. The number of aromatic nitrogens is 2. The minimum Gasteiger partial charge on any atom is -0.428 e. The van der Waals surface area contributed by atoms with Gasteiger partial charge in [0, 0.05) is 31.7 Å². The fourth-order valence-electron chi connectivity index (χ4n) is 2.70. The average Bonchev–Trinajstić information content (AvgIpc) is 3.11. The van der Waals surface area contributed by atoms with Crippen molar-refractivity contribution in [2.45, 2.75) is 39.5 Å². The van der Waals surface area contributed by atoms with Crippen LogP contribution in [0.3, 0.4) is 0 Å². The Morgan fingerprint density at radius 1 is 1.46 bits per heavy atom. The lowest BCUT2D eigenvalue weighted by Crippen LogP contribution is -2.23. The number of nitrogens with one attached hydrogen (secondary N) is 1. The first-order chi connectivity index (χ1) is 11.4. The fraction of sp³-hybridized carbons (Fsp3) is 0.500. The van der Waals surface area contributed by atoms with Gasteiger partial charge in [0.15, 0.2) is 10.9 Å². The normalized spacial score (nSPS) is 17.2. The van der Waals surface area contributed by atoms with Crippen molar-refractivity contribution < 1.29 is 18.5 Å². The summed E-state index contributed by atoms with van der Waals surface area (Å²) in [7, 11) is 0. The quantitative estimate of drug-likeness (QED) is 0.887. The van der Waals surface area contributed by atoms with Crippen LogP contribution in [0.1, 0.15) is 48.7 Å². The number of anilines is 1. The molecule has 2 heterocycles. The van der Waals surface area contributed by atoms with Gasteiger partial charge in [-0.2, -0.15) is 4.98 Å². The number of oxazole rings is 1. The molecule has 0 saturated heterocycles. The predicted molar refractivity (Wildman–Crippen MR) is 85.9 cm³/mol. The Hall–Kier alpha value is -2.15. The minimum absolute atomic E-state index is 0.0319. The van der Waals surface area contributed by atoms with Crippen LogP contribution in [0.4, 0.5) is 6.01 Å². The van der Waals surface area contributed by atoms with E-state index in [0.717, 1.165) is 0 Å². The second kappa shape index (κ2) is 6.76. The summed E-state index contributed by atoms with van der Waals surface area (Å²) in [5.74, 6) is 1.40. The highest BCUT2D eigenvalue weighted by molar-refractivity contribution is 6.29. The maximum Gasteiger partial charge on any atom is 0.302 e. The maximum absolute atomic E-state index is 12.1. The number of aryl methyl sites for hydroxylation is 1. The molecule has 1 N–H and O–H groups in total. The Balaban J connectivity index is 1.61. The van der Waals surface area contributed by atoms with Gasteiger partial charge in [-0.15, -0.1) is 0 Å². The van der Waals surface area contributed by atoms with Crippen LogP contribution in [-0.4, -0.2) is 21.8 Å². The van der Waals surface area contributed by atoms with Crippen LogP contribution >= 0.6 is 11.6 Å². The summed E-state index contributed by atoms with van der Waals surface area (Å²) in [4.78, 5) is 28.2. The van der Waals surface area contributed by atoms with Crippen LogP contribution in [0, 0.1) is 11.8 Å². The summed E-state index contributed by atoms with van der Waals surface area (Å²) in [6, 6.07) is 1.63. The van der Waals surface area contributed by atoms with E-state index in [0.29, 0.717) is 42.4 Å². The van der Waals surface area contributed by atoms with Gasteiger partial charge < -0.3 is 8.94 Å². The van der Waals surface area contributed by atoms with Crippen molar-refractivity contribution in [3.05, 3.63) is 28.4 Å². The first kappa shape index (κ1) is 16.7. The molecule has 128 valence electrons. The summed E-state index contributed by atoms with van der Waals surface area (Å²) in [5, 5.41) is 6.37. The Labute approximate surface area is 143 Å². The van der Waals surface area contributed by atoms with Crippen LogP contribution < -0.4 is 5.32 Å². The lowest BCUT2D eigenvalue weighted by Gasteiger charge is -2.22. The van der Waals surface area contributed by atoms with Gasteiger partial charge in [-0.05, 0) is 11.8 Å². The topological polar surface area (TPSA) is 98.2 Å². The van der Waals surface area contributed by atoms with E-state index in [2.05, 4.69) is 29.3 Å². The van der Waals surface area contributed by atoms with E-state index in [1.165, 1.54) is 0 Å². The largest absolute Gasteiger partial charge is 0.428 e. The molecular weight excluding hydrogens is 334 g/mol. The number of hydrogen-bond acceptors (Lipinski definition) is 6. The summed E-state index contributed by atoms with van der Waals surface area (Å²) in [6.45, 7) is 4.16. The zero-order valence-electron chi connectivity index (χ0n) is 13.5. The molecule has 1 atom stereocenters. The number of ketones is 1. The highest BCUT2D eigenvalue weighted by Crippen LogP contribution is 2.31. The molecule has 1 aliphatic rings. The van der Waals surface area contributed by atoms with Crippen LogP contribution in [0.25, 0.3) is 0 Å². The molecule has 0 saturated carbocycles. The third-order valence-corrected chi connectivity index (χ3v) is 4.35. The lowest BCUT2D eigenvalue weighted by atomic mass is 9.82. The molecule has 0 spiro atoms. The van der Waals surface area contributed by atoms with Gasteiger partial charge in [-0.3, -0.25) is 14.9 Å². The van der Waals surface area contributed by atoms with Gasteiger partial charge in [0.25, 0.3) is 0 Å². The summed E-state index contributed by atoms with van der Waals surface area (Å²) >= 11 is 5.65. The molecule has 3 rings (SSSR count). The molecule has 7 nitrogen and oxygen atoms in total. The lowest BCUT2D eigenvalue weighted by molar-refractivity contribution is -0.116. The van der Waals surface area contributed by atoms with E-state index in [9.17, 15) is 9.59 Å². The van der Waals surface area contributed by atoms with Gasteiger partial charge >= 0.3 is 6.01 Å². The van der Waals surface area contributed by atoms with Gasteiger partial charge in [0.1, 0.15) is 17.2 Å². The molecule has 1 aliphatic carbocycles. The van der Waals surface area contributed by atoms with E-state index in [1.807, 2.05) is 0 Å². The van der Waals surface area contributed by atoms with Crippen molar-refractivity contribution in [3.8, 4) is 0 Å². The molecule has 8 heteroatoms. The monoisotopic (exact) mass is 351 g/mol. The first-order valence-electron chi connectivity index (χ1n) is 7.86. The zero-order valence-corrected chi connectivity index (χ0v) is 14.2. The maximum atomic E-state index is 12.1. The number of carbonyl (C=O) groups excluding carboxylic acids is 2. The fourth-order valence-corrected chi connectivity index (χ4v) is 2.86. The smallest absolute Gasteiger partial charge is 0.302 e. The number of Topliss-reactive ketones (excluding diaryl/α,β-unsaturated/α-hetero) is 1. The number of halogens is 1. The molecule has 0 bridgehead atoms. The number of hydrogen-bond donors (Lipinski definition) is 1. The molecule has 2 aromatic heterocycles. The highest BCUT2D eigenvalue weighted by atomic mass is 35.5. The number of carbonyl (C=O) groups is 2. The molecular formula is C16H18ClN3O4. The SMILES string of the molecule is CC(C)C1CC(=O)c2nc(NC(=O)CCc3cc(Cl)no3)oc2C1. The van der Waals surface area contributed by atoms with Crippen molar-refractivity contribution in [1.29, 1.82) is 0 Å². The third-order valence-electron chi connectivity index (χ3n) is 4.17. The standard InChI is InChI=1S/C16H18ClN3O4/c1-8(2)9-5-11(21)15-12(6-9)23-16(19-15)18-14(22)4-3-10-7-13(17)20-24-10/h7-9H,3-6H2,1-2H3,(H,18,19,22). The highest BCUT2D eigenvalue weighted by Gasteiger charge is 2.32. The third kappa shape index (κ3) is 3.67. The van der Waals surface area contributed by atoms with E-state index >= 15 is 0 Å². The molecule has 0 aromatic carbocycles. The minimum atomic E-state index is -0.283. The van der Waals surface area contributed by atoms with Crippen molar-refractivity contribution in [1.82, 2.24) is 10.1 Å². The summed E-state index contributed by atoms with van der Waals surface area (Å²) < 4.78 is 10.5. The molecule has 0 radical (unpaired) electrons. The van der Waals surface area contributed by atoms with Crippen LogP contribution in [0.5, 0.6) is 0 Å². The van der Waals surface area contributed by atoms with Crippen LogP contribution in [-0.2, 0) is 17.6 Å². The molecule has 24 heavy (non-hydrogen) atoms. The van der Waals surface area contributed by atoms with Gasteiger partial charge in [0.2, 0.25) is 5.91 Å². The first-order valence-corrected chi connectivity index (χ1v) is 8.24. The Kier molecular flexibility index (Phi) is 4.71. The van der Waals surface area contributed by atoms with E-state index in [4.69, 9.17) is 20.5 Å². The number of fused-ring (bicyclic) bond motifs is 1. The Bertz CT molecular complexity index is 765. The summed E-state index contributed by atoms with van der Waals surface area (Å²) in [6.07, 6.45) is 1.66. The number of nitrogens with zero attached hydrogens (tertiary/aromatic N) is 2. The van der Waals surface area contributed by atoms with Crippen molar-refractivity contribution >= 4 is 29.3 Å². The van der Waals surface area contributed by atoms with Crippen molar-refractivity contribution in [2.75, 3.05) is 5.32 Å². The molecule has 1 unspecified atom stereocenters. The molecule has 0 fully saturated rings. The Morgan fingerprint density at radius 2 is 2.25 bits per heavy atom.